The number of carbonyl (C=O) groups excluding carboxylic acids is 1. The Labute approximate surface area is 89.4 Å². The Balaban J connectivity index is 2.72. The molecule has 0 radical (unpaired) electrons. The Kier molecular flexibility index (Phi) is 4.00. The molecule has 14 heavy (non-hydrogen) atoms. The van der Waals surface area contributed by atoms with E-state index in [0.29, 0.717) is 11.2 Å². The first-order valence-electron chi connectivity index (χ1n) is 4.10. The summed E-state index contributed by atoms with van der Waals surface area (Å²) >= 11 is 3.03. The molecule has 3 nitrogen and oxygen atoms in total. The van der Waals surface area contributed by atoms with Crippen LogP contribution in [0.25, 0.3) is 0 Å². The average Bonchev–Trinajstić information content (AvgIpc) is 2.10. The van der Waals surface area contributed by atoms with Crippen LogP contribution in [0.3, 0.4) is 0 Å². The van der Waals surface area contributed by atoms with E-state index < -0.39 is 11.9 Å². The summed E-state index contributed by atoms with van der Waals surface area (Å²) in [5.74, 6) is -1.09. The van der Waals surface area contributed by atoms with Gasteiger partial charge >= 0.3 is 5.97 Å². The van der Waals surface area contributed by atoms with Crippen molar-refractivity contribution < 1.29 is 13.9 Å². The van der Waals surface area contributed by atoms with Gasteiger partial charge in [0.25, 0.3) is 0 Å². The van der Waals surface area contributed by atoms with E-state index >= 15 is 0 Å². The fraction of sp³-hybridized carbons (Fsp3) is 0.333. The van der Waals surface area contributed by atoms with Crippen LogP contribution in [0.15, 0.2) is 16.7 Å². The number of carbonyl (C=O) groups is 1. The predicted octanol–water partition coefficient (Wildman–Crippen LogP) is 2.09. The third-order valence-electron chi connectivity index (χ3n) is 1.53. The summed E-state index contributed by atoms with van der Waals surface area (Å²) in [4.78, 5) is 14.6. The van der Waals surface area contributed by atoms with E-state index in [0.717, 1.165) is 0 Å². The van der Waals surface area contributed by atoms with Crippen molar-refractivity contribution in [2.75, 3.05) is 6.61 Å². The first kappa shape index (κ1) is 11.1. The minimum absolute atomic E-state index is 0.0834. The zero-order chi connectivity index (χ0) is 10.6. The first-order chi connectivity index (χ1) is 6.63. The SMILES string of the molecule is CCOC(=O)Cc1ccc(Br)nc1F. The summed E-state index contributed by atoms with van der Waals surface area (Å²) in [6.07, 6.45) is -0.0834. The van der Waals surface area contributed by atoms with Crippen LogP contribution >= 0.6 is 15.9 Å². The van der Waals surface area contributed by atoms with E-state index in [1.165, 1.54) is 6.07 Å². The molecule has 0 atom stereocenters. The van der Waals surface area contributed by atoms with Crippen LogP contribution in [-0.4, -0.2) is 17.6 Å². The van der Waals surface area contributed by atoms with Gasteiger partial charge in [0.15, 0.2) is 0 Å². The number of ether oxygens (including phenoxy) is 1. The van der Waals surface area contributed by atoms with Gasteiger partial charge in [0.05, 0.1) is 13.0 Å². The van der Waals surface area contributed by atoms with Gasteiger partial charge in [-0.1, -0.05) is 6.07 Å². The second-order valence-corrected chi connectivity index (χ2v) is 3.38. The molecule has 0 unspecified atom stereocenters. The fourth-order valence-corrected chi connectivity index (χ4v) is 1.23. The molecule has 0 spiro atoms. The molecular weight excluding hydrogens is 253 g/mol. The summed E-state index contributed by atoms with van der Waals surface area (Å²) in [6.45, 7) is 2.00. The monoisotopic (exact) mass is 261 g/mol. The maximum Gasteiger partial charge on any atom is 0.310 e. The van der Waals surface area contributed by atoms with E-state index in [-0.39, 0.29) is 12.0 Å². The van der Waals surface area contributed by atoms with Crippen LogP contribution in [0.2, 0.25) is 0 Å². The number of nitrogens with zero attached hydrogens (tertiary/aromatic N) is 1. The molecule has 0 aliphatic carbocycles. The summed E-state index contributed by atoms with van der Waals surface area (Å²) < 4.78 is 18.2. The van der Waals surface area contributed by atoms with Crippen LogP contribution in [0.1, 0.15) is 12.5 Å². The number of rotatable bonds is 3. The van der Waals surface area contributed by atoms with Gasteiger partial charge in [0, 0.05) is 5.56 Å². The molecule has 0 saturated heterocycles. The van der Waals surface area contributed by atoms with Gasteiger partial charge in [-0.3, -0.25) is 4.79 Å². The lowest BCUT2D eigenvalue weighted by Gasteiger charge is -2.02. The lowest BCUT2D eigenvalue weighted by Crippen LogP contribution is -2.09. The van der Waals surface area contributed by atoms with Crippen molar-refractivity contribution in [2.24, 2.45) is 0 Å². The normalized spacial score (nSPS) is 9.93. The second-order valence-electron chi connectivity index (χ2n) is 2.57. The van der Waals surface area contributed by atoms with E-state index in [9.17, 15) is 9.18 Å². The van der Waals surface area contributed by atoms with Gasteiger partial charge in [-0.25, -0.2) is 4.98 Å². The summed E-state index contributed by atoms with van der Waals surface area (Å²) in [5.41, 5.74) is 0.242. The Morgan fingerprint density at radius 2 is 2.36 bits per heavy atom. The Bertz CT molecular complexity index is 344. The van der Waals surface area contributed by atoms with Gasteiger partial charge in [0.1, 0.15) is 4.60 Å². The quantitative estimate of drug-likeness (QED) is 0.618. The van der Waals surface area contributed by atoms with Gasteiger partial charge in [-0.05, 0) is 28.9 Å². The van der Waals surface area contributed by atoms with Gasteiger partial charge in [-0.2, -0.15) is 4.39 Å². The van der Waals surface area contributed by atoms with E-state index in [1.54, 1.807) is 13.0 Å². The number of aromatic nitrogens is 1. The first-order valence-corrected chi connectivity index (χ1v) is 4.89. The largest absolute Gasteiger partial charge is 0.466 e. The number of esters is 1. The molecule has 0 saturated carbocycles. The highest BCUT2D eigenvalue weighted by molar-refractivity contribution is 9.10. The van der Waals surface area contributed by atoms with Gasteiger partial charge in [-0.15, -0.1) is 0 Å². The standard InChI is InChI=1S/C9H9BrFNO2/c1-2-14-8(13)5-6-3-4-7(10)12-9(6)11/h3-4H,2,5H2,1H3. The van der Waals surface area contributed by atoms with Crippen molar-refractivity contribution in [3.8, 4) is 0 Å². The lowest BCUT2D eigenvalue weighted by molar-refractivity contribution is -0.142. The minimum Gasteiger partial charge on any atom is -0.466 e. The fourth-order valence-electron chi connectivity index (χ4n) is 0.940. The Morgan fingerprint density at radius 1 is 1.64 bits per heavy atom. The highest BCUT2D eigenvalue weighted by atomic mass is 79.9. The summed E-state index contributed by atoms with van der Waals surface area (Å²) in [6, 6.07) is 3.08. The van der Waals surface area contributed by atoms with Crippen molar-refractivity contribution in [3.05, 3.63) is 28.2 Å². The molecule has 0 bridgehead atoms. The maximum absolute atomic E-state index is 13.1. The molecule has 0 aromatic carbocycles. The Hall–Kier alpha value is -0.970. The lowest BCUT2D eigenvalue weighted by atomic mass is 10.2. The summed E-state index contributed by atoms with van der Waals surface area (Å²) in [7, 11) is 0. The molecular formula is C9H9BrFNO2. The molecule has 76 valence electrons. The van der Waals surface area contributed by atoms with Crippen LogP contribution in [-0.2, 0) is 16.0 Å². The Morgan fingerprint density at radius 3 is 2.93 bits per heavy atom. The number of hydrogen-bond donors (Lipinski definition) is 0. The topological polar surface area (TPSA) is 39.2 Å². The van der Waals surface area contributed by atoms with Crippen molar-refractivity contribution in [3.63, 3.8) is 0 Å². The van der Waals surface area contributed by atoms with Crippen molar-refractivity contribution >= 4 is 21.9 Å². The zero-order valence-electron chi connectivity index (χ0n) is 7.59. The molecule has 0 aliphatic heterocycles. The number of halogens is 2. The predicted molar refractivity (Wildman–Crippen MR) is 52.2 cm³/mol. The van der Waals surface area contributed by atoms with Gasteiger partial charge in [0.2, 0.25) is 5.95 Å². The molecule has 1 aromatic heterocycles. The van der Waals surface area contributed by atoms with Crippen LogP contribution in [0, 0.1) is 5.95 Å². The van der Waals surface area contributed by atoms with E-state index in [4.69, 9.17) is 0 Å². The molecule has 0 fully saturated rings. The third-order valence-corrected chi connectivity index (χ3v) is 1.97. The molecule has 1 aromatic rings. The van der Waals surface area contributed by atoms with Crippen LogP contribution in [0.4, 0.5) is 4.39 Å². The van der Waals surface area contributed by atoms with E-state index in [2.05, 4.69) is 25.7 Å². The molecule has 0 amide bonds. The molecule has 1 heterocycles. The van der Waals surface area contributed by atoms with Gasteiger partial charge < -0.3 is 4.74 Å². The van der Waals surface area contributed by atoms with Crippen LogP contribution in [0.5, 0.6) is 0 Å². The highest BCUT2D eigenvalue weighted by Crippen LogP contribution is 2.11. The average molecular weight is 262 g/mol. The molecule has 1 rings (SSSR count). The van der Waals surface area contributed by atoms with Crippen molar-refractivity contribution in [1.29, 1.82) is 0 Å². The molecule has 5 heteroatoms. The number of pyridine rings is 1. The molecule has 0 aliphatic rings. The zero-order valence-corrected chi connectivity index (χ0v) is 9.17. The smallest absolute Gasteiger partial charge is 0.310 e. The van der Waals surface area contributed by atoms with E-state index in [1.807, 2.05) is 0 Å². The third kappa shape index (κ3) is 3.06. The minimum atomic E-state index is -0.646. The summed E-state index contributed by atoms with van der Waals surface area (Å²) in [5, 5.41) is 0. The van der Waals surface area contributed by atoms with Crippen LogP contribution < -0.4 is 0 Å². The second kappa shape index (κ2) is 5.05. The molecule has 0 N–H and O–H groups in total. The number of hydrogen-bond acceptors (Lipinski definition) is 3. The highest BCUT2D eigenvalue weighted by Gasteiger charge is 2.09. The van der Waals surface area contributed by atoms with Crippen molar-refractivity contribution in [1.82, 2.24) is 4.98 Å². The maximum atomic E-state index is 13.1. The van der Waals surface area contributed by atoms with Crippen molar-refractivity contribution in [2.45, 2.75) is 13.3 Å².